The number of carboxylic acid groups (broad SMARTS) is 1. The normalized spacial score (nSPS) is 23.3. The van der Waals surface area contributed by atoms with Gasteiger partial charge in [0.15, 0.2) is 0 Å². The molecule has 0 heterocycles. The Morgan fingerprint density at radius 2 is 1.43 bits per heavy atom. The molecule has 2 N–H and O–H groups in total. The predicted octanol–water partition coefficient (Wildman–Crippen LogP) is 3.76. The summed E-state index contributed by atoms with van der Waals surface area (Å²) in [5, 5.41) is 20.2. The van der Waals surface area contributed by atoms with Crippen LogP contribution in [0.5, 0.6) is 0 Å². The average Bonchev–Trinajstić information content (AvgIpc) is 2.92. The van der Waals surface area contributed by atoms with E-state index in [2.05, 4.69) is 20.8 Å². The van der Waals surface area contributed by atoms with E-state index in [9.17, 15) is 15.0 Å². The first-order valence-electron chi connectivity index (χ1n) is 7.75. The van der Waals surface area contributed by atoms with Crippen LogP contribution in [0.3, 0.4) is 0 Å². The lowest BCUT2D eigenvalue weighted by atomic mass is 9.80. The van der Waals surface area contributed by atoms with Gasteiger partial charge in [-0.25, -0.2) is 0 Å². The van der Waals surface area contributed by atoms with Gasteiger partial charge in [-0.1, -0.05) is 6.42 Å². The topological polar surface area (TPSA) is 57.5 Å². The molecule has 1 aliphatic rings. The minimum Gasteiger partial charge on any atom is -0.481 e. The van der Waals surface area contributed by atoms with Crippen molar-refractivity contribution in [3.63, 3.8) is 0 Å². The highest BCUT2D eigenvalue weighted by atomic mass is 16.4. The third-order valence-corrected chi connectivity index (χ3v) is 5.65. The van der Waals surface area contributed by atoms with Gasteiger partial charge in [0.25, 0.3) is 0 Å². The van der Waals surface area contributed by atoms with Gasteiger partial charge in [-0.15, -0.1) is 0 Å². The maximum Gasteiger partial charge on any atom is 0.306 e. The molecule has 0 aromatic heterocycles. The summed E-state index contributed by atoms with van der Waals surface area (Å²) in [6.45, 7) is 10.3. The van der Waals surface area contributed by atoms with Gasteiger partial charge in [0, 0.05) is 5.92 Å². The number of benzene rings is 1. The molecule has 3 nitrogen and oxygen atoms in total. The van der Waals surface area contributed by atoms with Crippen LogP contribution in [-0.2, 0) is 4.79 Å². The highest BCUT2D eigenvalue weighted by Crippen LogP contribution is 2.43. The van der Waals surface area contributed by atoms with Crippen molar-refractivity contribution in [3.8, 4) is 0 Å². The standard InChI is InChI=1S/C18H26O3/c1-9-10(2)12(4)16(13(5)11(9)3)17(19)14-7-6-8-15(14)18(20)21/h14-15,17,19H,6-8H2,1-5H3,(H,20,21). The van der Waals surface area contributed by atoms with Gasteiger partial charge in [0.2, 0.25) is 0 Å². The van der Waals surface area contributed by atoms with Crippen LogP contribution in [0.2, 0.25) is 0 Å². The van der Waals surface area contributed by atoms with Crippen molar-refractivity contribution in [1.82, 2.24) is 0 Å². The summed E-state index contributed by atoms with van der Waals surface area (Å²) >= 11 is 0. The smallest absolute Gasteiger partial charge is 0.306 e. The molecule has 21 heavy (non-hydrogen) atoms. The van der Waals surface area contributed by atoms with E-state index in [1.54, 1.807) is 0 Å². The second kappa shape index (κ2) is 5.80. The summed E-state index contributed by atoms with van der Waals surface area (Å²) in [6.07, 6.45) is 1.69. The Labute approximate surface area is 127 Å². The van der Waals surface area contributed by atoms with E-state index in [0.717, 1.165) is 29.5 Å². The molecule has 0 saturated heterocycles. The first-order valence-corrected chi connectivity index (χ1v) is 7.75. The number of hydrogen-bond donors (Lipinski definition) is 2. The Balaban J connectivity index is 2.49. The Morgan fingerprint density at radius 3 is 1.90 bits per heavy atom. The summed E-state index contributed by atoms with van der Waals surface area (Å²) < 4.78 is 0. The van der Waals surface area contributed by atoms with Crippen molar-refractivity contribution >= 4 is 5.97 Å². The van der Waals surface area contributed by atoms with Crippen LogP contribution in [0.4, 0.5) is 0 Å². The lowest BCUT2D eigenvalue weighted by Gasteiger charge is -2.28. The Bertz CT molecular complexity index is 545. The molecular formula is C18H26O3. The van der Waals surface area contributed by atoms with E-state index < -0.39 is 18.0 Å². The second-order valence-corrected chi connectivity index (χ2v) is 6.52. The molecule has 116 valence electrons. The number of aliphatic carboxylic acids is 1. The van der Waals surface area contributed by atoms with Gasteiger partial charge >= 0.3 is 5.97 Å². The maximum absolute atomic E-state index is 11.4. The van der Waals surface area contributed by atoms with Crippen molar-refractivity contribution in [2.75, 3.05) is 0 Å². The van der Waals surface area contributed by atoms with Crippen LogP contribution in [0.1, 0.15) is 58.7 Å². The third kappa shape index (κ3) is 2.59. The SMILES string of the molecule is Cc1c(C)c(C)c(C(O)C2CCCC2C(=O)O)c(C)c1C. The molecule has 1 saturated carbocycles. The van der Waals surface area contributed by atoms with Crippen LogP contribution in [0, 0.1) is 46.5 Å². The fourth-order valence-electron chi connectivity index (χ4n) is 3.86. The van der Waals surface area contributed by atoms with Crippen LogP contribution < -0.4 is 0 Å². The second-order valence-electron chi connectivity index (χ2n) is 6.52. The van der Waals surface area contributed by atoms with Gasteiger partial charge in [0.05, 0.1) is 12.0 Å². The van der Waals surface area contributed by atoms with Gasteiger partial charge < -0.3 is 10.2 Å². The number of rotatable bonds is 3. The van der Waals surface area contributed by atoms with Crippen LogP contribution in [-0.4, -0.2) is 16.2 Å². The zero-order chi connectivity index (χ0) is 15.9. The predicted molar refractivity (Wildman–Crippen MR) is 83.6 cm³/mol. The Hall–Kier alpha value is -1.35. The molecule has 1 aromatic carbocycles. The van der Waals surface area contributed by atoms with E-state index in [0.29, 0.717) is 6.42 Å². The first-order chi connectivity index (χ1) is 9.77. The van der Waals surface area contributed by atoms with E-state index in [1.165, 1.54) is 16.7 Å². The zero-order valence-electron chi connectivity index (χ0n) is 13.7. The first kappa shape index (κ1) is 16.0. The molecule has 0 amide bonds. The molecule has 3 heteroatoms. The summed E-state index contributed by atoms with van der Waals surface area (Å²) in [5.74, 6) is -1.35. The lowest BCUT2D eigenvalue weighted by Crippen LogP contribution is -2.25. The Kier molecular flexibility index (Phi) is 4.43. The summed E-state index contributed by atoms with van der Waals surface area (Å²) in [7, 11) is 0. The van der Waals surface area contributed by atoms with E-state index in [1.807, 2.05) is 13.8 Å². The number of aliphatic hydroxyl groups is 1. The number of aliphatic hydroxyl groups excluding tert-OH is 1. The third-order valence-electron chi connectivity index (χ3n) is 5.65. The maximum atomic E-state index is 11.4. The fraction of sp³-hybridized carbons (Fsp3) is 0.611. The molecule has 0 bridgehead atoms. The largest absolute Gasteiger partial charge is 0.481 e. The van der Waals surface area contributed by atoms with Gasteiger partial charge in [-0.3, -0.25) is 4.79 Å². The van der Waals surface area contributed by atoms with Crippen molar-refractivity contribution in [1.29, 1.82) is 0 Å². The zero-order valence-corrected chi connectivity index (χ0v) is 13.7. The number of hydrogen-bond acceptors (Lipinski definition) is 2. The molecule has 3 atom stereocenters. The molecular weight excluding hydrogens is 264 g/mol. The molecule has 0 radical (unpaired) electrons. The van der Waals surface area contributed by atoms with Gasteiger partial charge in [-0.05, 0) is 80.8 Å². The minimum atomic E-state index is -0.771. The van der Waals surface area contributed by atoms with Crippen LogP contribution in [0.25, 0.3) is 0 Å². The van der Waals surface area contributed by atoms with Gasteiger partial charge in [0.1, 0.15) is 0 Å². The quantitative estimate of drug-likeness (QED) is 0.891. The molecule has 3 unspecified atom stereocenters. The van der Waals surface area contributed by atoms with E-state index in [4.69, 9.17) is 0 Å². The molecule has 0 spiro atoms. The summed E-state index contributed by atoms with van der Waals surface area (Å²) in [4.78, 5) is 11.4. The highest BCUT2D eigenvalue weighted by molar-refractivity contribution is 5.71. The molecule has 1 aliphatic carbocycles. The van der Waals surface area contributed by atoms with E-state index in [-0.39, 0.29) is 5.92 Å². The summed E-state index contributed by atoms with van der Waals surface area (Å²) in [6, 6.07) is 0. The molecule has 1 aromatic rings. The van der Waals surface area contributed by atoms with E-state index >= 15 is 0 Å². The number of carboxylic acids is 1. The van der Waals surface area contributed by atoms with Gasteiger partial charge in [-0.2, -0.15) is 0 Å². The highest BCUT2D eigenvalue weighted by Gasteiger charge is 2.39. The van der Waals surface area contributed by atoms with Crippen molar-refractivity contribution in [2.24, 2.45) is 11.8 Å². The minimum absolute atomic E-state index is 0.165. The van der Waals surface area contributed by atoms with Crippen molar-refractivity contribution < 1.29 is 15.0 Å². The average molecular weight is 290 g/mol. The monoisotopic (exact) mass is 290 g/mol. The lowest BCUT2D eigenvalue weighted by molar-refractivity contribution is -0.144. The number of carbonyl (C=O) groups is 1. The molecule has 1 fully saturated rings. The van der Waals surface area contributed by atoms with Crippen LogP contribution >= 0.6 is 0 Å². The Morgan fingerprint density at radius 1 is 0.952 bits per heavy atom. The van der Waals surface area contributed by atoms with Crippen molar-refractivity contribution in [2.45, 2.75) is 60.0 Å². The fourth-order valence-corrected chi connectivity index (χ4v) is 3.86. The molecule has 0 aliphatic heterocycles. The summed E-state index contributed by atoms with van der Waals surface area (Å²) in [5.41, 5.74) is 6.85. The van der Waals surface area contributed by atoms with Crippen molar-refractivity contribution in [3.05, 3.63) is 33.4 Å². The van der Waals surface area contributed by atoms with Crippen LogP contribution in [0.15, 0.2) is 0 Å². The molecule has 2 rings (SSSR count).